The normalized spacial score (nSPS) is 13.6. The summed E-state index contributed by atoms with van der Waals surface area (Å²) in [6.45, 7) is 9.24. The van der Waals surface area contributed by atoms with Crippen molar-refractivity contribution in [2.24, 2.45) is 5.92 Å². The van der Waals surface area contributed by atoms with Crippen LogP contribution in [-0.4, -0.2) is 40.7 Å². The van der Waals surface area contributed by atoms with Gasteiger partial charge >= 0.3 is 5.97 Å². The minimum absolute atomic E-state index is 0.0573. The first-order valence-electron chi connectivity index (χ1n) is 16.6. The molecule has 0 aromatic rings. The standard InChI is InChI=1S/C32H66O4SSi/c1-5-9-11-13-15-16-17-18-19-20-22-23-25-27-29(30(37)28-26-24-21-14-12-10-6-2)32(34-7-3,35-8-4)31(33)36-38/h29-30,37H,5-28H2,1-4,38H3. The molecule has 38 heavy (non-hydrogen) atoms. The molecule has 0 bridgehead atoms. The van der Waals surface area contributed by atoms with Crippen LogP contribution >= 0.6 is 12.6 Å². The zero-order valence-electron chi connectivity index (χ0n) is 26.2. The third-order valence-corrected chi connectivity index (χ3v) is 8.85. The lowest BCUT2D eigenvalue weighted by Gasteiger charge is -2.40. The number of unbranched alkanes of at least 4 members (excludes halogenated alkanes) is 18. The van der Waals surface area contributed by atoms with Crippen molar-refractivity contribution >= 4 is 29.1 Å². The SMILES string of the molecule is CCCCCCCCCCCCCCCC(C(S)CCCCCCCCC)C(OCC)(OCC)C(=O)O[SiH3]. The lowest BCUT2D eigenvalue weighted by molar-refractivity contribution is -0.262. The highest BCUT2D eigenvalue weighted by molar-refractivity contribution is 7.81. The van der Waals surface area contributed by atoms with E-state index >= 15 is 0 Å². The summed E-state index contributed by atoms with van der Waals surface area (Å²) in [5.41, 5.74) is 0. The highest BCUT2D eigenvalue weighted by Crippen LogP contribution is 2.37. The van der Waals surface area contributed by atoms with Gasteiger partial charge in [-0.2, -0.15) is 12.6 Å². The van der Waals surface area contributed by atoms with Crippen LogP contribution in [0.4, 0.5) is 0 Å². The fourth-order valence-corrected chi connectivity index (χ4v) is 6.44. The number of ether oxygens (including phenoxy) is 2. The summed E-state index contributed by atoms with van der Waals surface area (Å²) in [6, 6.07) is 0. The Morgan fingerprint density at radius 2 is 0.947 bits per heavy atom. The average Bonchev–Trinajstić information content (AvgIpc) is 2.92. The maximum atomic E-state index is 13.1. The molecule has 0 aliphatic rings. The monoisotopic (exact) mass is 574 g/mol. The summed E-state index contributed by atoms with van der Waals surface area (Å²) in [4.78, 5) is 13.1. The van der Waals surface area contributed by atoms with Crippen LogP contribution in [0.25, 0.3) is 0 Å². The molecule has 0 saturated heterocycles. The van der Waals surface area contributed by atoms with E-state index in [2.05, 4.69) is 13.8 Å². The van der Waals surface area contributed by atoms with Crippen molar-refractivity contribution in [1.29, 1.82) is 0 Å². The van der Waals surface area contributed by atoms with E-state index in [1.54, 1.807) is 0 Å². The van der Waals surface area contributed by atoms with Crippen molar-refractivity contribution < 1.29 is 18.7 Å². The first-order chi connectivity index (χ1) is 18.5. The number of carbonyl (C=O) groups is 1. The van der Waals surface area contributed by atoms with Gasteiger partial charge in [0.05, 0.1) is 0 Å². The number of thiol groups is 1. The van der Waals surface area contributed by atoms with E-state index in [0.29, 0.717) is 23.7 Å². The Bertz CT molecular complexity index is 514. The molecule has 6 heteroatoms. The van der Waals surface area contributed by atoms with Crippen LogP contribution in [0.1, 0.15) is 169 Å². The third-order valence-electron chi connectivity index (χ3n) is 7.86. The van der Waals surface area contributed by atoms with Gasteiger partial charge in [-0.25, -0.2) is 4.79 Å². The summed E-state index contributed by atoms with van der Waals surface area (Å²) in [6.07, 6.45) is 28.1. The molecule has 0 aromatic heterocycles. The molecule has 0 aliphatic heterocycles. The van der Waals surface area contributed by atoms with Crippen LogP contribution in [0.3, 0.4) is 0 Å². The van der Waals surface area contributed by atoms with E-state index in [-0.39, 0.29) is 17.1 Å². The van der Waals surface area contributed by atoms with Crippen molar-refractivity contribution in [2.75, 3.05) is 13.2 Å². The number of hydrogen-bond acceptors (Lipinski definition) is 5. The van der Waals surface area contributed by atoms with Gasteiger partial charge in [-0.1, -0.05) is 142 Å². The quantitative estimate of drug-likeness (QED) is 0.0419. The van der Waals surface area contributed by atoms with Crippen molar-refractivity contribution in [2.45, 2.75) is 180 Å². The van der Waals surface area contributed by atoms with Gasteiger partial charge in [0.1, 0.15) is 0 Å². The summed E-state index contributed by atoms with van der Waals surface area (Å²) in [7, 11) is 0.336. The van der Waals surface area contributed by atoms with E-state index in [4.69, 9.17) is 26.5 Å². The van der Waals surface area contributed by atoms with Gasteiger partial charge in [0.2, 0.25) is 10.5 Å². The van der Waals surface area contributed by atoms with Crippen molar-refractivity contribution in [1.82, 2.24) is 0 Å². The molecule has 0 fully saturated rings. The van der Waals surface area contributed by atoms with Crippen LogP contribution in [0, 0.1) is 5.92 Å². The fraction of sp³-hybridized carbons (Fsp3) is 0.969. The third kappa shape index (κ3) is 17.6. The Kier molecular flexibility index (Phi) is 27.1. The topological polar surface area (TPSA) is 44.8 Å². The zero-order valence-corrected chi connectivity index (χ0v) is 29.1. The number of carbonyl (C=O) groups excluding carboxylic acids is 1. The van der Waals surface area contributed by atoms with E-state index < -0.39 is 5.79 Å². The van der Waals surface area contributed by atoms with E-state index in [1.165, 1.54) is 116 Å². The van der Waals surface area contributed by atoms with E-state index in [9.17, 15) is 4.79 Å². The second kappa shape index (κ2) is 27.1. The summed E-state index contributed by atoms with van der Waals surface area (Å²) < 4.78 is 17.6. The molecule has 0 rings (SSSR count). The lowest BCUT2D eigenvalue weighted by atomic mass is 9.86. The largest absolute Gasteiger partial charge is 0.525 e. The van der Waals surface area contributed by atoms with Gasteiger partial charge in [-0.15, -0.1) is 0 Å². The number of hydrogen-bond donors (Lipinski definition) is 1. The van der Waals surface area contributed by atoms with Crippen LogP contribution in [0.5, 0.6) is 0 Å². The molecule has 4 nitrogen and oxygen atoms in total. The smallest absolute Gasteiger partial charge is 0.353 e. The van der Waals surface area contributed by atoms with Gasteiger partial charge in [-0.05, 0) is 26.7 Å². The summed E-state index contributed by atoms with van der Waals surface area (Å²) in [5.74, 6) is -1.78. The predicted molar refractivity (Wildman–Crippen MR) is 171 cm³/mol. The van der Waals surface area contributed by atoms with Crippen LogP contribution in [0.2, 0.25) is 0 Å². The molecular formula is C32H66O4SSi. The molecule has 0 radical (unpaired) electrons. The number of rotatable bonds is 29. The molecule has 0 N–H and O–H groups in total. The molecule has 0 aromatic carbocycles. The molecule has 2 atom stereocenters. The Morgan fingerprint density at radius 1 is 0.605 bits per heavy atom. The van der Waals surface area contributed by atoms with Gasteiger partial charge in [0, 0.05) is 24.4 Å². The van der Waals surface area contributed by atoms with E-state index in [0.717, 1.165) is 25.7 Å². The Balaban J connectivity index is 4.71. The second-order valence-electron chi connectivity index (χ2n) is 11.1. The molecule has 0 aliphatic carbocycles. The Morgan fingerprint density at radius 3 is 1.29 bits per heavy atom. The maximum absolute atomic E-state index is 13.1. The first kappa shape index (κ1) is 38.0. The van der Waals surface area contributed by atoms with Gasteiger partial charge < -0.3 is 13.9 Å². The summed E-state index contributed by atoms with van der Waals surface area (Å²) >= 11 is 5.06. The Labute approximate surface area is 246 Å². The van der Waals surface area contributed by atoms with Gasteiger partial charge in [-0.3, -0.25) is 0 Å². The minimum Gasteiger partial charge on any atom is -0.525 e. The van der Waals surface area contributed by atoms with Crippen molar-refractivity contribution in [3.8, 4) is 0 Å². The van der Waals surface area contributed by atoms with E-state index in [1.807, 2.05) is 13.8 Å². The highest BCUT2D eigenvalue weighted by Gasteiger charge is 2.50. The minimum atomic E-state index is -1.32. The molecular weight excluding hydrogens is 509 g/mol. The van der Waals surface area contributed by atoms with Crippen LogP contribution < -0.4 is 0 Å². The zero-order chi connectivity index (χ0) is 28.3. The lowest BCUT2D eigenvalue weighted by Crippen LogP contribution is -2.54. The summed E-state index contributed by atoms with van der Waals surface area (Å²) in [5, 5.41) is 0.0573. The van der Waals surface area contributed by atoms with Crippen LogP contribution in [-0.2, 0) is 18.7 Å². The average molecular weight is 575 g/mol. The molecule has 0 saturated carbocycles. The van der Waals surface area contributed by atoms with Crippen molar-refractivity contribution in [3.05, 3.63) is 0 Å². The maximum Gasteiger partial charge on any atom is 0.353 e. The predicted octanol–water partition coefficient (Wildman–Crippen LogP) is 9.12. The molecule has 0 spiro atoms. The van der Waals surface area contributed by atoms with Crippen LogP contribution in [0.15, 0.2) is 0 Å². The fourth-order valence-electron chi connectivity index (χ4n) is 5.63. The molecule has 0 heterocycles. The first-order valence-corrected chi connectivity index (χ1v) is 17.9. The molecule has 0 amide bonds. The molecule has 2 unspecified atom stereocenters. The molecule has 228 valence electrons. The van der Waals surface area contributed by atoms with Gasteiger partial charge in [0.25, 0.3) is 5.79 Å². The van der Waals surface area contributed by atoms with Crippen molar-refractivity contribution in [3.63, 3.8) is 0 Å². The Hall–Kier alpha value is -0.0431. The highest BCUT2D eigenvalue weighted by atomic mass is 32.1. The second-order valence-corrected chi connectivity index (χ2v) is 12.2. The van der Waals surface area contributed by atoms with Gasteiger partial charge in [0.15, 0.2) is 0 Å².